The number of hydrogen-bond donors (Lipinski definition) is 0. The van der Waals surface area contributed by atoms with Gasteiger partial charge in [0, 0.05) is 25.9 Å². The van der Waals surface area contributed by atoms with Crippen molar-refractivity contribution in [3.63, 3.8) is 0 Å². The summed E-state index contributed by atoms with van der Waals surface area (Å²) in [7, 11) is 0. The highest BCUT2D eigenvalue weighted by atomic mass is 16.7. The van der Waals surface area contributed by atoms with Crippen LogP contribution < -0.4 is 0 Å². The van der Waals surface area contributed by atoms with Gasteiger partial charge in [-0.05, 0) is 32.6 Å². The van der Waals surface area contributed by atoms with E-state index in [1.807, 2.05) is 27.7 Å². The highest BCUT2D eigenvalue weighted by Gasteiger charge is 2.51. The minimum atomic E-state index is -1.02. The first kappa shape index (κ1) is 26.4. The first-order valence-electron chi connectivity index (χ1n) is 11.2. The van der Waals surface area contributed by atoms with Crippen LogP contribution in [0.1, 0.15) is 86.0 Å². The van der Waals surface area contributed by atoms with Crippen LogP contribution in [0.3, 0.4) is 0 Å². The number of rotatable bonds is 13. The van der Waals surface area contributed by atoms with Crippen LogP contribution in [0, 0.1) is 0 Å². The van der Waals surface area contributed by atoms with Crippen LogP contribution in [0.4, 0.5) is 0 Å². The first-order chi connectivity index (χ1) is 14.4. The minimum Gasteiger partial charge on any atom is -0.455 e. The van der Waals surface area contributed by atoms with Crippen molar-refractivity contribution in [2.24, 2.45) is 0 Å². The van der Waals surface area contributed by atoms with E-state index in [1.54, 1.807) is 6.92 Å². The van der Waals surface area contributed by atoms with Gasteiger partial charge in [0.25, 0.3) is 0 Å². The SMILES string of the molecule is CCCCO[C@@H]1O[C@@H](C)[C@H](OC(=O)CCC)[C@@H](OC(=O)CCC)[C@H]1OC(=O)CCC. The lowest BCUT2D eigenvalue weighted by molar-refractivity contribution is -0.301. The molecule has 0 unspecified atom stereocenters. The number of esters is 3. The predicted octanol–water partition coefficient (Wildman–Crippen LogP) is 3.68. The quantitative estimate of drug-likeness (QED) is 0.248. The third kappa shape index (κ3) is 8.60. The fraction of sp³-hybridized carbons (Fsp3) is 0.864. The molecule has 1 saturated heterocycles. The Kier molecular flexibility index (Phi) is 12.6. The van der Waals surface area contributed by atoms with Gasteiger partial charge in [-0.3, -0.25) is 14.4 Å². The van der Waals surface area contributed by atoms with Gasteiger partial charge in [0.15, 0.2) is 24.6 Å². The Balaban J connectivity index is 3.15. The minimum absolute atomic E-state index is 0.207. The summed E-state index contributed by atoms with van der Waals surface area (Å²) in [4.78, 5) is 36.8. The van der Waals surface area contributed by atoms with Crippen LogP contribution in [-0.4, -0.2) is 55.2 Å². The number of hydrogen-bond acceptors (Lipinski definition) is 8. The standard InChI is InChI=1S/C22H38O8/c1-6-10-14-26-22-21(30-18(25)13-9-4)20(29-17(24)12-8-3)19(15(5)27-22)28-16(23)11-7-2/h15,19-22H,6-14H2,1-5H3/t15-,19-,20+,21+,22+/m0/s1. The zero-order chi connectivity index (χ0) is 22.5. The van der Waals surface area contributed by atoms with Gasteiger partial charge in [0.05, 0.1) is 6.10 Å². The first-order valence-corrected chi connectivity index (χ1v) is 11.2. The molecule has 0 N–H and O–H groups in total. The Bertz CT molecular complexity index is 535. The van der Waals surface area contributed by atoms with E-state index in [0.29, 0.717) is 25.9 Å². The maximum atomic E-state index is 12.3. The van der Waals surface area contributed by atoms with Crippen LogP contribution in [0.25, 0.3) is 0 Å². The van der Waals surface area contributed by atoms with E-state index >= 15 is 0 Å². The second-order valence-corrected chi connectivity index (χ2v) is 7.55. The lowest BCUT2D eigenvalue weighted by atomic mass is 9.98. The van der Waals surface area contributed by atoms with Crippen molar-refractivity contribution in [2.45, 2.75) is 117 Å². The maximum absolute atomic E-state index is 12.3. The van der Waals surface area contributed by atoms with Crippen LogP contribution in [-0.2, 0) is 38.1 Å². The van der Waals surface area contributed by atoms with Crippen LogP contribution in [0.2, 0.25) is 0 Å². The summed E-state index contributed by atoms with van der Waals surface area (Å²) in [6.07, 6.45) is -0.197. The normalized spacial score (nSPS) is 26.1. The van der Waals surface area contributed by atoms with Crippen molar-refractivity contribution in [1.82, 2.24) is 0 Å². The second kappa shape index (κ2) is 14.4. The second-order valence-electron chi connectivity index (χ2n) is 7.55. The molecular formula is C22H38O8. The van der Waals surface area contributed by atoms with Crippen LogP contribution in [0.5, 0.6) is 0 Å². The van der Waals surface area contributed by atoms with Crippen molar-refractivity contribution in [1.29, 1.82) is 0 Å². The number of unbranched alkanes of at least 4 members (excludes halogenated alkanes) is 1. The predicted molar refractivity (Wildman–Crippen MR) is 110 cm³/mol. The molecule has 0 aromatic heterocycles. The molecule has 0 spiro atoms. The summed E-state index contributed by atoms with van der Waals surface area (Å²) in [6, 6.07) is 0. The largest absolute Gasteiger partial charge is 0.455 e. The van der Waals surface area contributed by atoms with Crippen molar-refractivity contribution in [3.05, 3.63) is 0 Å². The zero-order valence-electron chi connectivity index (χ0n) is 19.0. The van der Waals surface area contributed by atoms with Crippen LogP contribution in [0.15, 0.2) is 0 Å². The van der Waals surface area contributed by atoms with Gasteiger partial charge in [-0.2, -0.15) is 0 Å². The molecule has 1 rings (SSSR count). The Hall–Kier alpha value is -1.67. The Labute approximate surface area is 179 Å². The fourth-order valence-corrected chi connectivity index (χ4v) is 3.12. The molecule has 0 amide bonds. The third-order valence-corrected chi connectivity index (χ3v) is 4.67. The number of carbonyl (C=O) groups is 3. The molecule has 30 heavy (non-hydrogen) atoms. The highest BCUT2D eigenvalue weighted by Crippen LogP contribution is 2.30. The summed E-state index contributed by atoms with van der Waals surface area (Å²) in [5.74, 6) is -1.31. The van der Waals surface area contributed by atoms with E-state index in [1.165, 1.54) is 0 Å². The molecule has 8 nitrogen and oxygen atoms in total. The highest BCUT2D eigenvalue weighted by molar-refractivity contribution is 5.71. The van der Waals surface area contributed by atoms with Gasteiger partial charge >= 0.3 is 17.9 Å². The molecule has 174 valence electrons. The van der Waals surface area contributed by atoms with E-state index in [0.717, 1.165) is 12.8 Å². The maximum Gasteiger partial charge on any atom is 0.306 e. The lowest BCUT2D eigenvalue weighted by Crippen LogP contribution is -2.61. The molecule has 8 heteroatoms. The zero-order valence-corrected chi connectivity index (χ0v) is 19.0. The third-order valence-electron chi connectivity index (χ3n) is 4.67. The molecular weight excluding hydrogens is 392 g/mol. The van der Waals surface area contributed by atoms with Gasteiger partial charge < -0.3 is 23.7 Å². The van der Waals surface area contributed by atoms with Gasteiger partial charge in [0.1, 0.15) is 0 Å². The van der Waals surface area contributed by atoms with Gasteiger partial charge in [0.2, 0.25) is 0 Å². The Morgan fingerprint density at radius 1 is 0.700 bits per heavy atom. The molecule has 1 heterocycles. The van der Waals surface area contributed by atoms with E-state index < -0.39 is 48.6 Å². The lowest BCUT2D eigenvalue weighted by Gasteiger charge is -2.43. The average Bonchev–Trinajstić information content (AvgIpc) is 2.68. The van der Waals surface area contributed by atoms with Crippen molar-refractivity contribution < 1.29 is 38.1 Å². The van der Waals surface area contributed by atoms with E-state index in [2.05, 4.69) is 0 Å². The molecule has 0 aliphatic carbocycles. The Morgan fingerprint density at radius 3 is 1.63 bits per heavy atom. The summed E-state index contributed by atoms with van der Waals surface area (Å²) >= 11 is 0. The average molecular weight is 431 g/mol. The summed E-state index contributed by atoms with van der Waals surface area (Å²) in [5, 5.41) is 0. The molecule has 1 aliphatic rings. The summed E-state index contributed by atoms with van der Waals surface area (Å²) in [6.45, 7) is 9.77. The molecule has 1 fully saturated rings. The van der Waals surface area contributed by atoms with Gasteiger partial charge in [-0.25, -0.2) is 0 Å². The topological polar surface area (TPSA) is 97.4 Å². The summed E-state index contributed by atoms with van der Waals surface area (Å²) < 4.78 is 28.6. The molecule has 0 radical (unpaired) electrons. The summed E-state index contributed by atoms with van der Waals surface area (Å²) in [5.41, 5.74) is 0. The van der Waals surface area contributed by atoms with Crippen molar-refractivity contribution in [2.75, 3.05) is 6.61 Å². The van der Waals surface area contributed by atoms with E-state index in [4.69, 9.17) is 23.7 Å². The van der Waals surface area contributed by atoms with Gasteiger partial charge in [-0.15, -0.1) is 0 Å². The molecule has 0 aromatic rings. The van der Waals surface area contributed by atoms with E-state index in [9.17, 15) is 14.4 Å². The molecule has 1 aliphatic heterocycles. The Morgan fingerprint density at radius 2 is 1.17 bits per heavy atom. The number of ether oxygens (including phenoxy) is 5. The van der Waals surface area contributed by atoms with Crippen LogP contribution >= 0.6 is 0 Å². The molecule has 0 bridgehead atoms. The van der Waals surface area contributed by atoms with Gasteiger partial charge in [-0.1, -0.05) is 34.1 Å². The monoisotopic (exact) mass is 430 g/mol. The fourth-order valence-electron chi connectivity index (χ4n) is 3.12. The van der Waals surface area contributed by atoms with Crippen molar-refractivity contribution in [3.8, 4) is 0 Å². The van der Waals surface area contributed by atoms with Crippen molar-refractivity contribution >= 4 is 17.9 Å². The molecule has 5 atom stereocenters. The molecule has 0 aromatic carbocycles. The number of carbonyl (C=O) groups excluding carboxylic acids is 3. The van der Waals surface area contributed by atoms with E-state index in [-0.39, 0.29) is 19.3 Å². The smallest absolute Gasteiger partial charge is 0.306 e. The molecule has 0 saturated carbocycles.